The highest BCUT2D eigenvalue weighted by Crippen LogP contribution is 2.27. The van der Waals surface area contributed by atoms with Crippen molar-refractivity contribution in [2.75, 3.05) is 11.9 Å². The second-order valence-electron chi connectivity index (χ2n) is 5.47. The van der Waals surface area contributed by atoms with Gasteiger partial charge in [-0.05, 0) is 37.8 Å². The van der Waals surface area contributed by atoms with Crippen molar-refractivity contribution >= 4 is 11.5 Å². The molecule has 1 aromatic rings. The van der Waals surface area contributed by atoms with Crippen LogP contribution in [0.5, 0.6) is 0 Å². The number of amidine groups is 1. The van der Waals surface area contributed by atoms with Crippen LogP contribution in [0.3, 0.4) is 0 Å². The fourth-order valence-corrected chi connectivity index (χ4v) is 2.41. The molecule has 0 aliphatic rings. The molecule has 0 radical (unpaired) electrons. The molecule has 0 saturated heterocycles. The van der Waals surface area contributed by atoms with Crippen molar-refractivity contribution in [1.29, 1.82) is 5.41 Å². The Morgan fingerprint density at radius 3 is 2.44 bits per heavy atom. The number of nitrogen functional groups attached to an aromatic ring is 1. The van der Waals surface area contributed by atoms with Crippen LogP contribution in [-0.2, 0) is 0 Å². The first kappa shape index (κ1) is 14.6. The molecule has 3 nitrogen and oxygen atoms in total. The highest BCUT2D eigenvalue weighted by Gasteiger charge is 2.17. The minimum atomic E-state index is 0.136. The van der Waals surface area contributed by atoms with Gasteiger partial charge >= 0.3 is 0 Å². The van der Waals surface area contributed by atoms with Crippen LogP contribution < -0.4 is 10.6 Å². The molecule has 0 fully saturated rings. The molecule has 0 heterocycles. The largest absolute Gasteiger partial charge is 0.384 e. The average Bonchev–Trinajstić information content (AvgIpc) is 2.26. The van der Waals surface area contributed by atoms with Gasteiger partial charge in [-0.25, -0.2) is 0 Å². The molecule has 1 rings (SSSR count). The lowest BCUT2D eigenvalue weighted by Crippen LogP contribution is -2.32. The third-order valence-electron chi connectivity index (χ3n) is 3.35. The summed E-state index contributed by atoms with van der Waals surface area (Å²) in [7, 11) is 2.09. The molecule has 0 amide bonds. The van der Waals surface area contributed by atoms with E-state index in [0.29, 0.717) is 12.0 Å². The zero-order valence-electron chi connectivity index (χ0n) is 12.1. The van der Waals surface area contributed by atoms with E-state index in [9.17, 15) is 0 Å². The molecule has 3 heteroatoms. The van der Waals surface area contributed by atoms with Gasteiger partial charge in [0, 0.05) is 18.7 Å². The number of anilines is 1. The first-order valence-corrected chi connectivity index (χ1v) is 6.51. The number of nitrogens with one attached hydrogen (secondary N) is 1. The highest BCUT2D eigenvalue weighted by atomic mass is 15.1. The molecule has 0 aliphatic carbocycles. The third kappa shape index (κ3) is 3.25. The summed E-state index contributed by atoms with van der Waals surface area (Å²) in [5, 5.41) is 7.70. The number of hydrogen-bond donors (Lipinski definition) is 2. The molecule has 1 aromatic carbocycles. The Kier molecular flexibility index (Phi) is 4.76. The lowest BCUT2D eigenvalue weighted by molar-refractivity contribution is 0.503. The van der Waals surface area contributed by atoms with E-state index >= 15 is 0 Å². The van der Waals surface area contributed by atoms with E-state index in [-0.39, 0.29) is 5.84 Å². The minimum Gasteiger partial charge on any atom is -0.384 e. The molecule has 3 N–H and O–H groups in total. The number of rotatable bonds is 5. The van der Waals surface area contributed by atoms with Gasteiger partial charge < -0.3 is 10.6 Å². The lowest BCUT2D eigenvalue weighted by atomic mass is 10.0. The van der Waals surface area contributed by atoms with Gasteiger partial charge in [-0.15, -0.1) is 0 Å². The monoisotopic (exact) mass is 247 g/mol. The van der Waals surface area contributed by atoms with Gasteiger partial charge in [-0.2, -0.15) is 0 Å². The van der Waals surface area contributed by atoms with Crippen molar-refractivity contribution in [3.8, 4) is 0 Å². The molecule has 0 aromatic heterocycles. The van der Waals surface area contributed by atoms with Gasteiger partial charge in [-0.3, -0.25) is 5.41 Å². The topological polar surface area (TPSA) is 53.1 Å². The predicted molar refractivity (Wildman–Crippen MR) is 79.5 cm³/mol. The summed E-state index contributed by atoms with van der Waals surface area (Å²) in [6.07, 6.45) is 1.13. The number of nitrogens with zero attached hydrogens (tertiary/aromatic N) is 1. The SMILES string of the molecule is Cc1cccc(C(=N)N)c1N(C)C(C)CC(C)C. The van der Waals surface area contributed by atoms with Crippen molar-refractivity contribution in [2.24, 2.45) is 11.7 Å². The quantitative estimate of drug-likeness (QED) is 0.620. The Balaban J connectivity index is 3.11. The normalized spacial score (nSPS) is 12.6. The summed E-state index contributed by atoms with van der Waals surface area (Å²) in [5.41, 5.74) is 8.76. The van der Waals surface area contributed by atoms with E-state index in [1.165, 1.54) is 5.56 Å². The maximum absolute atomic E-state index is 7.70. The molecule has 18 heavy (non-hydrogen) atoms. The van der Waals surface area contributed by atoms with E-state index in [0.717, 1.165) is 17.7 Å². The predicted octanol–water partition coefficient (Wildman–Crippen LogP) is 3.15. The summed E-state index contributed by atoms with van der Waals surface area (Å²) in [6, 6.07) is 6.38. The zero-order valence-corrected chi connectivity index (χ0v) is 12.1. The Bertz CT molecular complexity index is 424. The zero-order chi connectivity index (χ0) is 13.9. The Morgan fingerprint density at radius 2 is 1.94 bits per heavy atom. The summed E-state index contributed by atoms with van der Waals surface area (Å²) < 4.78 is 0. The highest BCUT2D eigenvalue weighted by molar-refractivity contribution is 6.01. The van der Waals surface area contributed by atoms with Gasteiger partial charge in [0.25, 0.3) is 0 Å². The van der Waals surface area contributed by atoms with Crippen LogP contribution in [0.25, 0.3) is 0 Å². The summed E-state index contributed by atoms with van der Waals surface area (Å²) in [4.78, 5) is 2.24. The molecule has 0 spiro atoms. The molecule has 0 bridgehead atoms. The van der Waals surface area contributed by atoms with Crippen LogP contribution in [0.15, 0.2) is 18.2 Å². The van der Waals surface area contributed by atoms with Crippen molar-refractivity contribution < 1.29 is 0 Å². The molecule has 1 unspecified atom stereocenters. The standard InChI is InChI=1S/C15H25N3/c1-10(2)9-12(4)18(5)14-11(3)7-6-8-13(14)15(16)17/h6-8,10,12H,9H2,1-5H3,(H3,16,17). The maximum atomic E-state index is 7.70. The van der Waals surface area contributed by atoms with Gasteiger partial charge in [0.2, 0.25) is 0 Å². The number of para-hydroxylation sites is 1. The Hall–Kier alpha value is -1.51. The molecule has 0 aliphatic heterocycles. The van der Waals surface area contributed by atoms with E-state index < -0.39 is 0 Å². The lowest BCUT2D eigenvalue weighted by Gasteiger charge is -2.31. The second-order valence-corrected chi connectivity index (χ2v) is 5.47. The first-order valence-electron chi connectivity index (χ1n) is 6.51. The van der Waals surface area contributed by atoms with Crippen LogP contribution in [0.4, 0.5) is 5.69 Å². The van der Waals surface area contributed by atoms with Gasteiger partial charge in [0.1, 0.15) is 5.84 Å². The Labute approximate surface area is 111 Å². The van der Waals surface area contributed by atoms with Crippen LogP contribution in [0.2, 0.25) is 0 Å². The number of nitrogens with two attached hydrogens (primary N) is 1. The fourth-order valence-electron chi connectivity index (χ4n) is 2.41. The Morgan fingerprint density at radius 1 is 1.33 bits per heavy atom. The van der Waals surface area contributed by atoms with Crippen molar-refractivity contribution in [3.05, 3.63) is 29.3 Å². The van der Waals surface area contributed by atoms with E-state index in [4.69, 9.17) is 11.1 Å². The molecule has 1 atom stereocenters. The fraction of sp³-hybridized carbons (Fsp3) is 0.533. The van der Waals surface area contributed by atoms with Crippen LogP contribution in [0.1, 0.15) is 38.3 Å². The van der Waals surface area contributed by atoms with Gasteiger partial charge in [-0.1, -0.05) is 26.0 Å². The van der Waals surface area contributed by atoms with Gasteiger partial charge in [0.15, 0.2) is 0 Å². The second kappa shape index (κ2) is 5.89. The molecular weight excluding hydrogens is 222 g/mol. The van der Waals surface area contributed by atoms with Crippen LogP contribution in [-0.4, -0.2) is 18.9 Å². The first-order chi connectivity index (χ1) is 8.34. The molecule has 0 saturated carbocycles. The van der Waals surface area contributed by atoms with Crippen LogP contribution >= 0.6 is 0 Å². The maximum Gasteiger partial charge on any atom is 0.124 e. The summed E-state index contributed by atoms with van der Waals surface area (Å²) in [5.74, 6) is 0.796. The number of benzene rings is 1. The number of aryl methyl sites for hydroxylation is 1. The minimum absolute atomic E-state index is 0.136. The van der Waals surface area contributed by atoms with Crippen molar-refractivity contribution in [1.82, 2.24) is 0 Å². The summed E-state index contributed by atoms with van der Waals surface area (Å²) >= 11 is 0. The third-order valence-corrected chi connectivity index (χ3v) is 3.35. The molecular formula is C15H25N3. The van der Waals surface area contributed by atoms with Crippen LogP contribution in [0, 0.1) is 18.3 Å². The summed E-state index contributed by atoms with van der Waals surface area (Å²) in [6.45, 7) is 8.75. The van der Waals surface area contributed by atoms with E-state index in [1.807, 2.05) is 12.1 Å². The van der Waals surface area contributed by atoms with E-state index in [2.05, 4.69) is 45.7 Å². The van der Waals surface area contributed by atoms with E-state index in [1.54, 1.807) is 0 Å². The molecule has 100 valence electrons. The van der Waals surface area contributed by atoms with Gasteiger partial charge in [0.05, 0.1) is 5.69 Å². The van der Waals surface area contributed by atoms with Crippen molar-refractivity contribution in [3.63, 3.8) is 0 Å². The average molecular weight is 247 g/mol. The number of hydrogen-bond acceptors (Lipinski definition) is 2. The van der Waals surface area contributed by atoms with Crippen molar-refractivity contribution in [2.45, 2.75) is 40.2 Å². The smallest absolute Gasteiger partial charge is 0.124 e.